The molecule has 2 aromatic rings. The SMILES string of the molecule is C=CC(=C\C)/C(=C/N=C(C)C(C)=N/C=C\C)CC.CC.Cc1ccc2ncccc2c1. The summed E-state index contributed by atoms with van der Waals surface area (Å²) in [6.07, 6.45) is 12.3. The first-order valence-corrected chi connectivity index (χ1v) is 11.0. The standard InChI is InChI=1S/C16H24N2.C10H9N.C2H6/c1-7-11-17-13(5)14(6)18-12-16(10-4)15(8-2)9-3;1-8-4-5-10-9(7-8)3-2-6-11-10;1-2/h7-9,11-12H,2,10H2,1,3-6H3;2-7H,1H3;1-2H3/b11-7-,15-9+,16-12+,17-13?,18-14?;;. The molecule has 31 heavy (non-hydrogen) atoms. The number of nitrogens with zero attached hydrogens (tertiary/aromatic N) is 3. The molecule has 1 aromatic carbocycles. The minimum absolute atomic E-state index is 0.929. The molecule has 0 saturated carbocycles. The van der Waals surface area contributed by atoms with Gasteiger partial charge in [-0.1, -0.05) is 63.3 Å². The van der Waals surface area contributed by atoms with Crippen molar-refractivity contribution in [3.05, 3.63) is 90.4 Å². The van der Waals surface area contributed by atoms with Crippen LogP contribution in [0.3, 0.4) is 0 Å². The van der Waals surface area contributed by atoms with Gasteiger partial charge in [-0.2, -0.15) is 0 Å². The molecule has 2 rings (SSSR count). The summed E-state index contributed by atoms with van der Waals surface area (Å²) in [6, 6.07) is 10.3. The molecule has 3 nitrogen and oxygen atoms in total. The second kappa shape index (κ2) is 16.7. The van der Waals surface area contributed by atoms with E-state index in [0.717, 1.165) is 28.9 Å². The van der Waals surface area contributed by atoms with E-state index < -0.39 is 0 Å². The smallest absolute Gasteiger partial charge is 0.0702 e. The van der Waals surface area contributed by atoms with Crippen LogP contribution in [0, 0.1) is 6.92 Å². The number of hydrogen-bond acceptors (Lipinski definition) is 3. The topological polar surface area (TPSA) is 37.6 Å². The van der Waals surface area contributed by atoms with E-state index in [2.05, 4.69) is 53.6 Å². The maximum atomic E-state index is 4.47. The summed E-state index contributed by atoms with van der Waals surface area (Å²) in [4.78, 5) is 13.0. The lowest BCUT2D eigenvalue weighted by molar-refractivity contribution is 1.11. The van der Waals surface area contributed by atoms with Gasteiger partial charge in [-0.25, -0.2) is 0 Å². The van der Waals surface area contributed by atoms with Crippen LogP contribution in [0.1, 0.15) is 60.5 Å². The first kappa shape index (κ1) is 27.9. The molecule has 0 unspecified atom stereocenters. The van der Waals surface area contributed by atoms with Gasteiger partial charge in [0.1, 0.15) is 0 Å². The van der Waals surface area contributed by atoms with Crippen LogP contribution in [0.25, 0.3) is 10.9 Å². The van der Waals surface area contributed by atoms with Crippen LogP contribution in [-0.2, 0) is 0 Å². The highest BCUT2D eigenvalue weighted by atomic mass is 14.8. The Hall–Kier alpha value is -3.07. The van der Waals surface area contributed by atoms with Gasteiger partial charge >= 0.3 is 0 Å². The van der Waals surface area contributed by atoms with E-state index in [4.69, 9.17) is 0 Å². The normalized spacial score (nSPS) is 12.8. The van der Waals surface area contributed by atoms with Crippen LogP contribution in [0.5, 0.6) is 0 Å². The maximum absolute atomic E-state index is 4.47. The number of fused-ring (bicyclic) bond motifs is 1. The van der Waals surface area contributed by atoms with Crippen molar-refractivity contribution < 1.29 is 0 Å². The van der Waals surface area contributed by atoms with Gasteiger partial charge in [0.2, 0.25) is 0 Å². The molecule has 3 heteroatoms. The maximum Gasteiger partial charge on any atom is 0.0702 e. The predicted octanol–water partition coefficient (Wildman–Crippen LogP) is 8.44. The zero-order valence-corrected chi connectivity index (χ0v) is 20.6. The monoisotopic (exact) mass is 417 g/mol. The molecule has 0 bridgehead atoms. The number of benzene rings is 1. The fraction of sp³-hybridized carbons (Fsp3) is 0.321. The number of aryl methyl sites for hydroxylation is 1. The lowest BCUT2D eigenvalue weighted by atomic mass is 10.1. The minimum Gasteiger partial charge on any atom is -0.260 e. The predicted molar refractivity (Wildman–Crippen MR) is 141 cm³/mol. The Labute approximate surface area is 189 Å². The van der Waals surface area contributed by atoms with E-state index in [1.54, 1.807) is 6.20 Å². The Balaban J connectivity index is 0.000000583. The molecule has 0 radical (unpaired) electrons. The van der Waals surface area contributed by atoms with Crippen molar-refractivity contribution in [1.82, 2.24) is 4.98 Å². The molecule has 0 saturated heterocycles. The third-order valence-electron chi connectivity index (χ3n) is 4.40. The molecule has 0 N–H and O–H groups in total. The highest BCUT2D eigenvalue weighted by Crippen LogP contribution is 2.15. The third-order valence-corrected chi connectivity index (χ3v) is 4.40. The average Bonchev–Trinajstić information content (AvgIpc) is 2.81. The van der Waals surface area contributed by atoms with E-state index in [-0.39, 0.29) is 0 Å². The summed E-state index contributed by atoms with van der Waals surface area (Å²) in [6.45, 7) is 19.9. The Morgan fingerprint density at radius 1 is 1.06 bits per heavy atom. The summed E-state index contributed by atoms with van der Waals surface area (Å²) in [5, 5.41) is 1.22. The minimum atomic E-state index is 0.929. The Bertz CT molecular complexity index is 957. The second-order valence-corrected chi connectivity index (χ2v) is 6.57. The Morgan fingerprint density at radius 3 is 2.32 bits per heavy atom. The van der Waals surface area contributed by atoms with Crippen LogP contribution in [0.15, 0.2) is 94.9 Å². The molecule has 1 heterocycles. The zero-order chi connectivity index (χ0) is 23.6. The average molecular weight is 418 g/mol. The van der Waals surface area contributed by atoms with Crippen molar-refractivity contribution in [2.45, 2.75) is 61.8 Å². The second-order valence-electron chi connectivity index (χ2n) is 6.57. The van der Waals surface area contributed by atoms with Crippen molar-refractivity contribution in [3.8, 4) is 0 Å². The first-order valence-electron chi connectivity index (χ1n) is 11.0. The number of hydrogen-bond donors (Lipinski definition) is 0. The zero-order valence-electron chi connectivity index (χ0n) is 20.6. The fourth-order valence-corrected chi connectivity index (χ4v) is 2.55. The third kappa shape index (κ3) is 10.5. The summed E-state index contributed by atoms with van der Waals surface area (Å²) < 4.78 is 0. The summed E-state index contributed by atoms with van der Waals surface area (Å²) in [5.41, 5.74) is 6.53. The van der Waals surface area contributed by atoms with Gasteiger partial charge in [0.05, 0.1) is 16.9 Å². The van der Waals surface area contributed by atoms with Crippen LogP contribution >= 0.6 is 0 Å². The summed E-state index contributed by atoms with van der Waals surface area (Å²) in [5.74, 6) is 0. The van der Waals surface area contributed by atoms with E-state index in [1.807, 2.05) is 84.3 Å². The molecule has 0 aliphatic rings. The molecule has 0 aliphatic carbocycles. The Morgan fingerprint density at radius 2 is 1.74 bits per heavy atom. The number of pyridine rings is 1. The quantitative estimate of drug-likeness (QED) is 0.343. The molecular weight excluding hydrogens is 378 g/mol. The van der Waals surface area contributed by atoms with Crippen LogP contribution < -0.4 is 0 Å². The Kier molecular flexibility index (Phi) is 15.0. The molecule has 0 atom stereocenters. The summed E-state index contributed by atoms with van der Waals surface area (Å²) >= 11 is 0. The number of rotatable bonds is 6. The molecule has 0 fully saturated rings. The van der Waals surface area contributed by atoms with Crippen molar-refractivity contribution in [2.75, 3.05) is 0 Å². The van der Waals surface area contributed by atoms with Gasteiger partial charge < -0.3 is 0 Å². The van der Waals surface area contributed by atoms with Crippen LogP contribution in [0.4, 0.5) is 0 Å². The van der Waals surface area contributed by atoms with Crippen LogP contribution in [-0.4, -0.2) is 16.4 Å². The van der Waals surface area contributed by atoms with Crippen molar-refractivity contribution in [1.29, 1.82) is 0 Å². The van der Waals surface area contributed by atoms with Gasteiger partial charge in [-0.3, -0.25) is 15.0 Å². The van der Waals surface area contributed by atoms with Gasteiger partial charge in [-0.15, -0.1) is 0 Å². The highest BCUT2D eigenvalue weighted by molar-refractivity contribution is 6.40. The van der Waals surface area contributed by atoms with Crippen molar-refractivity contribution in [2.24, 2.45) is 9.98 Å². The van der Waals surface area contributed by atoms with Crippen molar-refractivity contribution >= 4 is 22.3 Å². The molecule has 0 aliphatic heterocycles. The number of aliphatic imine (C=N–C) groups is 2. The number of aromatic nitrogens is 1. The lowest BCUT2D eigenvalue weighted by Crippen LogP contribution is -2.04. The van der Waals surface area contributed by atoms with Crippen molar-refractivity contribution in [3.63, 3.8) is 0 Å². The van der Waals surface area contributed by atoms with Gasteiger partial charge in [0.25, 0.3) is 0 Å². The van der Waals surface area contributed by atoms with Crippen LogP contribution in [0.2, 0.25) is 0 Å². The number of allylic oxidation sites excluding steroid dienone is 5. The summed E-state index contributed by atoms with van der Waals surface area (Å²) in [7, 11) is 0. The fourth-order valence-electron chi connectivity index (χ4n) is 2.55. The lowest BCUT2D eigenvalue weighted by Gasteiger charge is -2.04. The first-order chi connectivity index (χ1) is 15.0. The molecular formula is C28H39N3. The molecule has 0 amide bonds. The molecule has 1 aromatic heterocycles. The van der Waals surface area contributed by atoms with E-state index >= 15 is 0 Å². The van der Waals surface area contributed by atoms with E-state index in [9.17, 15) is 0 Å². The van der Waals surface area contributed by atoms with Gasteiger partial charge in [-0.05, 0) is 70.4 Å². The largest absolute Gasteiger partial charge is 0.260 e. The van der Waals surface area contributed by atoms with Gasteiger partial charge in [0, 0.05) is 24.0 Å². The molecule has 0 spiro atoms. The molecule has 166 valence electrons. The van der Waals surface area contributed by atoms with E-state index in [0.29, 0.717) is 0 Å². The van der Waals surface area contributed by atoms with Gasteiger partial charge in [0.15, 0.2) is 0 Å². The van der Waals surface area contributed by atoms with E-state index in [1.165, 1.54) is 16.5 Å². The highest BCUT2D eigenvalue weighted by Gasteiger charge is 1.98.